The molecule has 10 heteroatoms. The summed E-state index contributed by atoms with van der Waals surface area (Å²) in [5.74, 6) is 0.349. The SMILES string of the molecule is CC(CC(F)(F)F)Nc1nc(N)nc(N2CCOCC2)n1. The number of aromatic nitrogens is 3. The Morgan fingerprint density at radius 3 is 2.57 bits per heavy atom. The van der Waals surface area contributed by atoms with Crippen LogP contribution in [-0.4, -0.2) is 53.5 Å². The molecule has 0 saturated carbocycles. The van der Waals surface area contributed by atoms with Crippen molar-refractivity contribution in [3.05, 3.63) is 0 Å². The topological polar surface area (TPSA) is 89.2 Å². The molecule has 0 bridgehead atoms. The Labute approximate surface area is 119 Å². The van der Waals surface area contributed by atoms with E-state index in [1.54, 1.807) is 0 Å². The lowest BCUT2D eigenvalue weighted by Crippen LogP contribution is -2.37. The molecule has 1 aliphatic heterocycles. The number of nitrogens with two attached hydrogens (primary N) is 1. The number of hydrogen-bond acceptors (Lipinski definition) is 7. The van der Waals surface area contributed by atoms with Gasteiger partial charge in [-0.3, -0.25) is 0 Å². The van der Waals surface area contributed by atoms with Crippen molar-refractivity contribution in [3.63, 3.8) is 0 Å². The number of nitrogens with one attached hydrogen (secondary N) is 1. The van der Waals surface area contributed by atoms with Gasteiger partial charge < -0.3 is 20.7 Å². The Morgan fingerprint density at radius 1 is 1.29 bits per heavy atom. The average Bonchev–Trinajstić information content (AvgIpc) is 2.36. The Hall–Kier alpha value is -1.84. The Bertz CT molecular complexity index is 478. The van der Waals surface area contributed by atoms with E-state index in [9.17, 15) is 13.2 Å². The van der Waals surface area contributed by atoms with Crippen molar-refractivity contribution in [2.24, 2.45) is 0 Å². The van der Waals surface area contributed by atoms with Gasteiger partial charge in [-0.1, -0.05) is 0 Å². The van der Waals surface area contributed by atoms with Gasteiger partial charge in [-0.25, -0.2) is 0 Å². The molecule has 1 saturated heterocycles. The molecule has 7 nitrogen and oxygen atoms in total. The van der Waals surface area contributed by atoms with Crippen LogP contribution >= 0.6 is 0 Å². The fraction of sp³-hybridized carbons (Fsp3) is 0.727. The number of halogens is 3. The van der Waals surface area contributed by atoms with Gasteiger partial charge in [-0.2, -0.15) is 28.1 Å². The van der Waals surface area contributed by atoms with Crippen molar-refractivity contribution < 1.29 is 17.9 Å². The van der Waals surface area contributed by atoms with Crippen LogP contribution in [0.15, 0.2) is 0 Å². The summed E-state index contributed by atoms with van der Waals surface area (Å²) in [6.45, 7) is 3.68. The van der Waals surface area contributed by atoms with E-state index in [0.717, 1.165) is 0 Å². The van der Waals surface area contributed by atoms with Crippen LogP contribution in [0.5, 0.6) is 0 Å². The van der Waals surface area contributed by atoms with Gasteiger partial charge in [-0.05, 0) is 6.92 Å². The molecule has 118 valence electrons. The predicted octanol–water partition coefficient (Wildman–Crippen LogP) is 1.04. The molecule has 2 heterocycles. The fourth-order valence-corrected chi connectivity index (χ4v) is 1.97. The van der Waals surface area contributed by atoms with Crippen LogP contribution in [0.2, 0.25) is 0 Å². The predicted molar refractivity (Wildman–Crippen MR) is 71.0 cm³/mol. The highest BCUT2D eigenvalue weighted by atomic mass is 19.4. The maximum Gasteiger partial charge on any atom is 0.391 e. The monoisotopic (exact) mass is 306 g/mol. The molecule has 0 aromatic carbocycles. The smallest absolute Gasteiger partial charge is 0.378 e. The van der Waals surface area contributed by atoms with Gasteiger partial charge in [0.1, 0.15) is 0 Å². The zero-order chi connectivity index (χ0) is 15.5. The summed E-state index contributed by atoms with van der Waals surface area (Å²) in [5, 5.41) is 2.60. The molecule has 0 radical (unpaired) electrons. The highest BCUT2D eigenvalue weighted by Gasteiger charge is 2.30. The lowest BCUT2D eigenvalue weighted by atomic mass is 10.2. The van der Waals surface area contributed by atoms with Gasteiger partial charge in [-0.15, -0.1) is 0 Å². The summed E-state index contributed by atoms with van der Waals surface area (Å²) in [4.78, 5) is 13.8. The second kappa shape index (κ2) is 6.29. The lowest BCUT2D eigenvalue weighted by Gasteiger charge is -2.27. The van der Waals surface area contributed by atoms with E-state index in [1.165, 1.54) is 6.92 Å². The summed E-state index contributed by atoms with van der Waals surface area (Å²) in [5.41, 5.74) is 5.59. The number of morpholine rings is 1. The lowest BCUT2D eigenvalue weighted by molar-refractivity contribution is -0.136. The zero-order valence-corrected chi connectivity index (χ0v) is 11.5. The third-order valence-electron chi connectivity index (χ3n) is 2.85. The van der Waals surface area contributed by atoms with Crippen LogP contribution in [0.3, 0.4) is 0 Å². The minimum atomic E-state index is -4.25. The molecule has 21 heavy (non-hydrogen) atoms. The first-order chi connectivity index (χ1) is 9.83. The van der Waals surface area contributed by atoms with Crippen LogP contribution < -0.4 is 16.0 Å². The molecule has 3 N–H and O–H groups in total. The zero-order valence-electron chi connectivity index (χ0n) is 11.5. The minimum absolute atomic E-state index is 0.0341. The Morgan fingerprint density at radius 2 is 1.95 bits per heavy atom. The first kappa shape index (κ1) is 15.5. The average molecular weight is 306 g/mol. The number of nitrogens with zero attached hydrogens (tertiary/aromatic N) is 4. The number of hydrogen-bond donors (Lipinski definition) is 2. The number of anilines is 3. The first-order valence-electron chi connectivity index (χ1n) is 6.51. The van der Waals surface area contributed by atoms with Crippen molar-refractivity contribution in [3.8, 4) is 0 Å². The highest BCUT2D eigenvalue weighted by Crippen LogP contribution is 2.23. The molecule has 1 atom stereocenters. The highest BCUT2D eigenvalue weighted by molar-refractivity contribution is 5.42. The van der Waals surface area contributed by atoms with Gasteiger partial charge in [0.25, 0.3) is 0 Å². The van der Waals surface area contributed by atoms with Gasteiger partial charge >= 0.3 is 6.18 Å². The summed E-state index contributed by atoms with van der Waals surface area (Å²) in [7, 11) is 0. The van der Waals surface area contributed by atoms with Crippen molar-refractivity contribution in [1.29, 1.82) is 0 Å². The maximum absolute atomic E-state index is 12.3. The molecular formula is C11H17F3N6O. The van der Waals surface area contributed by atoms with Crippen LogP contribution in [0.25, 0.3) is 0 Å². The van der Waals surface area contributed by atoms with Gasteiger partial charge in [0, 0.05) is 19.1 Å². The van der Waals surface area contributed by atoms with Crippen molar-refractivity contribution in [2.45, 2.75) is 25.6 Å². The van der Waals surface area contributed by atoms with E-state index in [4.69, 9.17) is 10.5 Å². The summed E-state index contributed by atoms with van der Waals surface area (Å²) in [6, 6.07) is -0.857. The number of alkyl halides is 3. The van der Waals surface area contributed by atoms with Gasteiger partial charge in [0.05, 0.1) is 19.6 Å². The van der Waals surface area contributed by atoms with Crippen LogP contribution in [0.4, 0.5) is 31.0 Å². The molecular weight excluding hydrogens is 289 g/mol. The molecule has 1 aromatic heterocycles. The maximum atomic E-state index is 12.3. The van der Waals surface area contributed by atoms with Crippen molar-refractivity contribution in [2.75, 3.05) is 42.3 Å². The minimum Gasteiger partial charge on any atom is -0.378 e. The largest absolute Gasteiger partial charge is 0.391 e. The van der Waals surface area contributed by atoms with E-state index in [-0.39, 0.29) is 11.9 Å². The van der Waals surface area contributed by atoms with Crippen molar-refractivity contribution >= 4 is 17.8 Å². The van der Waals surface area contributed by atoms with E-state index < -0.39 is 18.6 Å². The van der Waals surface area contributed by atoms with Gasteiger partial charge in [0.15, 0.2) is 0 Å². The molecule has 1 aromatic rings. The third-order valence-corrected chi connectivity index (χ3v) is 2.85. The third kappa shape index (κ3) is 4.88. The standard InChI is InChI=1S/C11H17F3N6O/c1-7(6-11(12,13)14)16-9-17-8(15)18-10(19-9)20-2-4-21-5-3-20/h7H,2-6H2,1H3,(H3,15,16,17,18,19). The molecule has 1 aliphatic rings. The molecule has 2 rings (SSSR count). The van der Waals surface area contributed by atoms with Crippen molar-refractivity contribution in [1.82, 2.24) is 15.0 Å². The van der Waals surface area contributed by atoms with Crippen LogP contribution in [0.1, 0.15) is 13.3 Å². The van der Waals surface area contributed by atoms with Gasteiger partial charge in [0.2, 0.25) is 17.8 Å². The van der Waals surface area contributed by atoms with E-state index in [0.29, 0.717) is 32.3 Å². The summed E-state index contributed by atoms with van der Waals surface area (Å²) >= 11 is 0. The Kier molecular flexibility index (Phi) is 4.66. The number of ether oxygens (including phenoxy) is 1. The van der Waals surface area contributed by atoms with E-state index >= 15 is 0 Å². The first-order valence-corrected chi connectivity index (χ1v) is 6.51. The van der Waals surface area contributed by atoms with Crippen LogP contribution in [0, 0.1) is 0 Å². The second-order valence-electron chi connectivity index (χ2n) is 4.78. The summed E-state index contributed by atoms with van der Waals surface area (Å²) < 4.78 is 42.2. The van der Waals surface area contributed by atoms with E-state index in [2.05, 4.69) is 20.3 Å². The number of nitrogen functional groups attached to an aromatic ring is 1. The molecule has 1 unspecified atom stereocenters. The normalized spacial score (nSPS) is 17.6. The fourth-order valence-electron chi connectivity index (χ4n) is 1.97. The van der Waals surface area contributed by atoms with E-state index in [1.807, 2.05) is 4.90 Å². The number of rotatable bonds is 4. The molecule has 1 fully saturated rings. The molecule has 0 spiro atoms. The summed E-state index contributed by atoms with van der Waals surface area (Å²) in [6.07, 6.45) is -5.23. The molecule has 0 aliphatic carbocycles. The quantitative estimate of drug-likeness (QED) is 0.859. The Balaban J connectivity index is 2.07. The molecule has 0 amide bonds. The van der Waals surface area contributed by atoms with Crippen LogP contribution in [-0.2, 0) is 4.74 Å². The second-order valence-corrected chi connectivity index (χ2v) is 4.78.